The molecule has 8 heteroatoms. The van der Waals surface area contributed by atoms with E-state index in [0.717, 1.165) is 16.1 Å². The Balaban J connectivity index is 1.65. The number of carbonyl (C=O) groups is 1. The van der Waals surface area contributed by atoms with Gasteiger partial charge < -0.3 is 9.64 Å². The molecule has 0 bridgehead atoms. The Hall–Kier alpha value is -1.74. The molecule has 0 radical (unpaired) electrons. The number of hydrogen-bond acceptors (Lipinski definition) is 5. The highest BCUT2D eigenvalue weighted by Gasteiger charge is 2.28. The number of aryl methyl sites for hydroxylation is 2. The Labute approximate surface area is 151 Å². The van der Waals surface area contributed by atoms with Crippen molar-refractivity contribution in [1.29, 1.82) is 0 Å². The highest BCUT2D eigenvalue weighted by Crippen LogP contribution is 2.21. The number of hydrogen-bond donors (Lipinski definition) is 1. The van der Waals surface area contributed by atoms with E-state index in [9.17, 15) is 13.2 Å². The van der Waals surface area contributed by atoms with Gasteiger partial charge in [0.2, 0.25) is 10.0 Å². The van der Waals surface area contributed by atoms with Crippen LogP contribution in [-0.4, -0.2) is 40.1 Å². The van der Waals surface area contributed by atoms with Crippen LogP contribution in [0.5, 0.6) is 0 Å². The molecule has 1 atom stereocenters. The number of thiophene rings is 1. The number of nitrogens with one attached hydrogen (secondary N) is 1. The molecule has 1 N–H and O–H groups in total. The number of sulfonamides is 1. The first kappa shape index (κ1) is 18.1. The minimum Gasteiger partial charge on any atom is -0.365 e. The van der Waals surface area contributed by atoms with Crippen molar-refractivity contribution in [2.24, 2.45) is 0 Å². The van der Waals surface area contributed by atoms with Gasteiger partial charge >= 0.3 is 0 Å². The summed E-state index contributed by atoms with van der Waals surface area (Å²) in [5.74, 6) is -0.128. The molecular formula is C17H20N2O4S2. The average molecular weight is 380 g/mol. The topological polar surface area (TPSA) is 75.7 Å². The molecule has 25 heavy (non-hydrogen) atoms. The van der Waals surface area contributed by atoms with Crippen LogP contribution in [-0.2, 0) is 19.6 Å². The summed E-state index contributed by atoms with van der Waals surface area (Å²) < 4.78 is 33.0. The second-order valence-corrected chi connectivity index (χ2v) is 9.27. The van der Waals surface area contributed by atoms with Crippen LogP contribution in [0.25, 0.3) is 0 Å². The summed E-state index contributed by atoms with van der Waals surface area (Å²) in [6.45, 7) is 4.22. The van der Waals surface area contributed by atoms with E-state index in [1.165, 1.54) is 11.3 Å². The summed E-state index contributed by atoms with van der Waals surface area (Å²) in [6, 6.07) is 11.0. The lowest BCUT2D eigenvalue weighted by Gasteiger charge is -2.32. The molecule has 0 aliphatic carbocycles. The van der Waals surface area contributed by atoms with E-state index in [2.05, 4.69) is 4.72 Å². The Morgan fingerprint density at radius 1 is 1.20 bits per heavy atom. The molecule has 0 spiro atoms. The number of carbonyl (C=O) groups excluding carboxylic acids is 1. The van der Waals surface area contributed by atoms with Crippen molar-refractivity contribution < 1.29 is 17.9 Å². The summed E-state index contributed by atoms with van der Waals surface area (Å²) in [4.78, 5) is 14.7. The SMILES string of the molecule is Cc1ccc(N2CC(CNS(=O)(=O)c3ccc(C)s3)OCC2=O)cc1. The Morgan fingerprint density at radius 2 is 1.92 bits per heavy atom. The standard InChI is InChI=1S/C17H20N2O4S2/c1-12-3-6-14(7-4-12)19-10-15(23-11-16(19)20)9-18-25(21,22)17-8-5-13(2)24-17/h3-8,15,18H,9-11H2,1-2H3. The fourth-order valence-corrected chi connectivity index (χ4v) is 4.95. The van der Waals surface area contributed by atoms with Crippen molar-refractivity contribution in [3.8, 4) is 0 Å². The molecule has 1 amide bonds. The van der Waals surface area contributed by atoms with E-state index >= 15 is 0 Å². The number of anilines is 1. The highest BCUT2D eigenvalue weighted by molar-refractivity contribution is 7.91. The maximum absolute atomic E-state index is 12.3. The smallest absolute Gasteiger partial charge is 0.253 e. The van der Waals surface area contributed by atoms with Crippen molar-refractivity contribution in [1.82, 2.24) is 4.72 Å². The molecule has 3 rings (SSSR count). The summed E-state index contributed by atoms with van der Waals surface area (Å²) in [5.41, 5.74) is 1.90. The lowest BCUT2D eigenvalue weighted by atomic mass is 10.2. The van der Waals surface area contributed by atoms with E-state index in [0.29, 0.717) is 6.54 Å². The van der Waals surface area contributed by atoms with Crippen LogP contribution in [0, 0.1) is 13.8 Å². The molecule has 0 saturated carbocycles. The van der Waals surface area contributed by atoms with Gasteiger partial charge in [-0.2, -0.15) is 0 Å². The number of rotatable bonds is 5. The van der Waals surface area contributed by atoms with Gasteiger partial charge in [0.15, 0.2) is 0 Å². The lowest BCUT2D eigenvalue weighted by Crippen LogP contribution is -2.50. The monoisotopic (exact) mass is 380 g/mol. The Morgan fingerprint density at radius 3 is 2.56 bits per heavy atom. The number of morpholine rings is 1. The van der Waals surface area contributed by atoms with Gasteiger partial charge in [-0.15, -0.1) is 11.3 Å². The Bertz CT molecular complexity index is 859. The van der Waals surface area contributed by atoms with Crippen LogP contribution >= 0.6 is 11.3 Å². The van der Waals surface area contributed by atoms with Crippen LogP contribution in [0.3, 0.4) is 0 Å². The highest BCUT2D eigenvalue weighted by atomic mass is 32.2. The van der Waals surface area contributed by atoms with Gasteiger partial charge in [-0.05, 0) is 38.1 Å². The molecule has 1 aromatic heterocycles. The summed E-state index contributed by atoms with van der Waals surface area (Å²) in [6.07, 6.45) is -0.394. The fourth-order valence-electron chi connectivity index (χ4n) is 2.55. The summed E-state index contributed by atoms with van der Waals surface area (Å²) in [5, 5.41) is 0. The quantitative estimate of drug-likeness (QED) is 0.862. The average Bonchev–Trinajstić information content (AvgIpc) is 3.02. The van der Waals surface area contributed by atoms with E-state index in [-0.39, 0.29) is 23.3 Å². The molecule has 1 unspecified atom stereocenters. The van der Waals surface area contributed by atoms with Crippen LogP contribution in [0.1, 0.15) is 10.4 Å². The van der Waals surface area contributed by atoms with E-state index in [1.54, 1.807) is 17.0 Å². The van der Waals surface area contributed by atoms with Gasteiger partial charge in [0.1, 0.15) is 10.8 Å². The van der Waals surface area contributed by atoms with Crippen molar-refractivity contribution >= 4 is 33.0 Å². The largest absolute Gasteiger partial charge is 0.365 e. The van der Waals surface area contributed by atoms with Crippen molar-refractivity contribution in [3.05, 3.63) is 46.8 Å². The molecule has 134 valence electrons. The lowest BCUT2D eigenvalue weighted by molar-refractivity contribution is -0.129. The number of benzene rings is 1. The van der Waals surface area contributed by atoms with Gasteiger partial charge in [-0.1, -0.05) is 17.7 Å². The number of nitrogens with zero attached hydrogens (tertiary/aromatic N) is 1. The van der Waals surface area contributed by atoms with Crippen LogP contribution < -0.4 is 9.62 Å². The van der Waals surface area contributed by atoms with Crippen LogP contribution in [0.15, 0.2) is 40.6 Å². The minimum atomic E-state index is -3.56. The van der Waals surface area contributed by atoms with Gasteiger partial charge in [0, 0.05) is 17.1 Å². The first-order valence-electron chi connectivity index (χ1n) is 7.90. The van der Waals surface area contributed by atoms with E-state index in [1.807, 2.05) is 38.1 Å². The molecule has 1 fully saturated rings. The van der Waals surface area contributed by atoms with Gasteiger partial charge in [0.05, 0.1) is 12.6 Å². The third-order valence-corrected chi connectivity index (χ3v) is 6.87. The van der Waals surface area contributed by atoms with Gasteiger partial charge in [-0.25, -0.2) is 13.1 Å². The van der Waals surface area contributed by atoms with E-state index in [4.69, 9.17) is 4.74 Å². The number of amides is 1. The molecule has 1 aliphatic heterocycles. The maximum atomic E-state index is 12.3. The minimum absolute atomic E-state index is 0.0572. The Kier molecular flexibility index (Phi) is 5.24. The zero-order chi connectivity index (χ0) is 18.0. The number of ether oxygens (including phenoxy) is 1. The summed E-state index contributed by atoms with van der Waals surface area (Å²) >= 11 is 1.22. The zero-order valence-corrected chi connectivity index (χ0v) is 15.7. The maximum Gasteiger partial charge on any atom is 0.253 e. The molecule has 1 aromatic carbocycles. The van der Waals surface area contributed by atoms with E-state index < -0.39 is 16.1 Å². The molecular weight excluding hydrogens is 360 g/mol. The second-order valence-electron chi connectivity index (χ2n) is 5.99. The van der Waals surface area contributed by atoms with Crippen molar-refractivity contribution in [2.45, 2.75) is 24.2 Å². The van der Waals surface area contributed by atoms with Gasteiger partial charge in [0.25, 0.3) is 5.91 Å². The second kappa shape index (κ2) is 7.25. The molecule has 2 heterocycles. The molecule has 6 nitrogen and oxygen atoms in total. The first-order valence-corrected chi connectivity index (χ1v) is 10.2. The van der Waals surface area contributed by atoms with Crippen molar-refractivity contribution in [3.63, 3.8) is 0 Å². The molecule has 1 saturated heterocycles. The predicted octanol–water partition coefficient (Wildman–Crippen LogP) is 2.08. The normalized spacial score (nSPS) is 18.6. The first-order chi connectivity index (χ1) is 11.8. The predicted molar refractivity (Wildman–Crippen MR) is 97.5 cm³/mol. The van der Waals surface area contributed by atoms with Crippen LogP contribution in [0.4, 0.5) is 5.69 Å². The van der Waals surface area contributed by atoms with Crippen molar-refractivity contribution in [2.75, 3.05) is 24.6 Å². The molecule has 1 aliphatic rings. The molecule has 2 aromatic rings. The van der Waals surface area contributed by atoms with Gasteiger partial charge in [-0.3, -0.25) is 4.79 Å². The zero-order valence-electron chi connectivity index (χ0n) is 14.1. The van der Waals surface area contributed by atoms with Crippen LogP contribution in [0.2, 0.25) is 0 Å². The third kappa shape index (κ3) is 4.27. The third-order valence-electron chi connectivity index (χ3n) is 3.96. The summed E-state index contributed by atoms with van der Waals surface area (Å²) in [7, 11) is -3.56. The fraction of sp³-hybridized carbons (Fsp3) is 0.353.